The monoisotopic (exact) mass is 455 g/mol. The molecule has 1 atom stereocenters. The highest BCUT2D eigenvalue weighted by molar-refractivity contribution is 7.16. The van der Waals surface area contributed by atoms with E-state index in [-0.39, 0.29) is 24.5 Å². The van der Waals surface area contributed by atoms with Gasteiger partial charge in [-0.25, -0.2) is 4.98 Å². The zero-order valence-electron chi connectivity index (χ0n) is 16.3. The van der Waals surface area contributed by atoms with Crippen molar-refractivity contribution in [1.82, 2.24) is 4.98 Å². The fourth-order valence-electron chi connectivity index (χ4n) is 3.70. The van der Waals surface area contributed by atoms with Crippen LogP contribution in [0.3, 0.4) is 0 Å². The standard InChI is InChI=1S/C22H18ClN3O4S/c23-13-5-7-14(8-6-13)24-21(28)15-2-1-3-18-19(15)25-22(31-18)26-20(27)12-4-9-16-17(10-12)30-11-29-16/h4-10,15H,1-3,11H2,(H,24,28)(H,25,26,27). The first-order valence-electron chi connectivity index (χ1n) is 9.84. The number of nitrogens with one attached hydrogen (secondary N) is 2. The van der Waals surface area contributed by atoms with Gasteiger partial charge in [0.15, 0.2) is 16.6 Å². The summed E-state index contributed by atoms with van der Waals surface area (Å²) in [5.41, 5.74) is 1.88. The molecule has 9 heteroatoms. The van der Waals surface area contributed by atoms with Crippen LogP contribution in [0.1, 0.15) is 39.7 Å². The number of fused-ring (bicyclic) bond motifs is 2. The van der Waals surface area contributed by atoms with E-state index in [1.54, 1.807) is 42.5 Å². The lowest BCUT2D eigenvalue weighted by atomic mass is 9.90. The van der Waals surface area contributed by atoms with Gasteiger partial charge in [0.25, 0.3) is 5.91 Å². The molecule has 0 fully saturated rings. The van der Waals surface area contributed by atoms with Gasteiger partial charge in [0.1, 0.15) is 0 Å². The minimum atomic E-state index is -0.355. The summed E-state index contributed by atoms with van der Waals surface area (Å²) in [6.45, 7) is 0.152. The van der Waals surface area contributed by atoms with Crippen LogP contribution in [-0.4, -0.2) is 23.6 Å². The van der Waals surface area contributed by atoms with Gasteiger partial charge in [-0.05, 0) is 61.7 Å². The topological polar surface area (TPSA) is 89.6 Å². The molecular formula is C22H18ClN3O4S. The normalized spacial score (nSPS) is 16.5. The van der Waals surface area contributed by atoms with E-state index in [4.69, 9.17) is 21.1 Å². The third kappa shape index (κ3) is 4.08. The number of hydrogen-bond acceptors (Lipinski definition) is 6. The summed E-state index contributed by atoms with van der Waals surface area (Å²) < 4.78 is 10.6. The summed E-state index contributed by atoms with van der Waals surface area (Å²) in [5, 5.41) is 6.88. The number of amides is 2. The fourth-order valence-corrected chi connectivity index (χ4v) is 4.88. The summed E-state index contributed by atoms with van der Waals surface area (Å²) in [6, 6.07) is 12.0. The highest BCUT2D eigenvalue weighted by Gasteiger charge is 2.31. The summed E-state index contributed by atoms with van der Waals surface area (Å²) in [6.07, 6.45) is 2.45. The Kier molecular flexibility index (Phi) is 5.25. The Labute approximate surface area is 187 Å². The zero-order chi connectivity index (χ0) is 21.4. The molecule has 2 heterocycles. The van der Waals surface area contributed by atoms with Crippen molar-refractivity contribution in [3.05, 3.63) is 63.6 Å². The molecule has 0 saturated heterocycles. The maximum absolute atomic E-state index is 12.9. The molecule has 1 aromatic heterocycles. The quantitative estimate of drug-likeness (QED) is 0.587. The number of halogens is 1. The van der Waals surface area contributed by atoms with Crippen molar-refractivity contribution in [2.45, 2.75) is 25.2 Å². The number of anilines is 2. The lowest BCUT2D eigenvalue weighted by Gasteiger charge is -2.20. The van der Waals surface area contributed by atoms with E-state index in [0.29, 0.717) is 39.3 Å². The maximum Gasteiger partial charge on any atom is 0.257 e. The number of thiazole rings is 1. The first kappa shape index (κ1) is 19.8. The van der Waals surface area contributed by atoms with Crippen molar-refractivity contribution in [3.63, 3.8) is 0 Å². The average molecular weight is 456 g/mol. The molecule has 3 aromatic rings. The lowest BCUT2D eigenvalue weighted by Crippen LogP contribution is -2.24. The molecule has 1 aliphatic heterocycles. The van der Waals surface area contributed by atoms with Crippen LogP contribution in [0.4, 0.5) is 10.8 Å². The van der Waals surface area contributed by atoms with Crippen molar-refractivity contribution in [1.29, 1.82) is 0 Å². The molecule has 5 rings (SSSR count). The Morgan fingerprint density at radius 2 is 1.87 bits per heavy atom. The molecule has 2 amide bonds. The number of aromatic nitrogens is 1. The highest BCUT2D eigenvalue weighted by Crippen LogP contribution is 2.38. The van der Waals surface area contributed by atoms with Crippen molar-refractivity contribution in [2.75, 3.05) is 17.4 Å². The number of hydrogen-bond donors (Lipinski definition) is 2. The smallest absolute Gasteiger partial charge is 0.257 e. The number of ether oxygens (including phenoxy) is 2. The van der Waals surface area contributed by atoms with Gasteiger partial charge in [-0.15, -0.1) is 11.3 Å². The average Bonchev–Trinajstić information content (AvgIpc) is 3.40. The first-order chi connectivity index (χ1) is 15.1. The van der Waals surface area contributed by atoms with E-state index in [1.165, 1.54) is 11.3 Å². The third-order valence-electron chi connectivity index (χ3n) is 5.24. The van der Waals surface area contributed by atoms with Gasteiger partial charge in [-0.2, -0.15) is 0 Å². The van der Waals surface area contributed by atoms with E-state index < -0.39 is 0 Å². The summed E-state index contributed by atoms with van der Waals surface area (Å²) >= 11 is 7.33. The maximum atomic E-state index is 12.9. The minimum absolute atomic E-state index is 0.109. The van der Waals surface area contributed by atoms with E-state index in [9.17, 15) is 9.59 Å². The second kappa shape index (κ2) is 8.20. The Morgan fingerprint density at radius 1 is 1.06 bits per heavy atom. The minimum Gasteiger partial charge on any atom is -0.454 e. The molecule has 31 heavy (non-hydrogen) atoms. The number of carbonyl (C=O) groups is 2. The lowest BCUT2D eigenvalue weighted by molar-refractivity contribution is -0.117. The van der Waals surface area contributed by atoms with Crippen molar-refractivity contribution in [3.8, 4) is 11.5 Å². The molecule has 7 nitrogen and oxygen atoms in total. The SMILES string of the molecule is O=C(Nc1nc2c(s1)CCCC2C(=O)Nc1ccc(Cl)cc1)c1ccc2c(c1)OCO2. The Bertz CT molecular complexity index is 1160. The third-order valence-corrected chi connectivity index (χ3v) is 6.54. The number of aryl methyl sites for hydroxylation is 1. The first-order valence-corrected chi connectivity index (χ1v) is 11.0. The summed E-state index contributed by atoms with van der Waals surface area (Å²) in [5.74, 6) is 0.418. The largest absolute Gasteiger partial charge is 0.454 e. The molecule has 2 N–H and O–H groups in total. The molecule has 2 aromatic carbocycles. The van der Waals surface area contributed by atoms with Crippen LogP contribution in [0.2, 0.25) is 5.02 Å². The van der Waals surface area contributed by atoms with Gasteiger partial charge in [0.05, 0.1) is 11.6 Å². The van der Waals surface area contributed by atoms with Gasteiger partial charge in [-0.1, -0.05) is 11.6 Å². The predicted octanol–water partition coefficient (Wildman–Crippen LogP) is 4.84. The van der Waals surface area contributed by atoms with Crippen molar-refractivity contribution < 1.29 is 19.1 Å². The molecular weight excluding hydrogens is 438 g/mol. The van der Waals surface area contributed by atoms with E-state index >= 15 is 0 Å². The van der Waals surface area contributed by atoms with Crippen LogP contribution in [0.15, 0.2) is 42.5 Å². The Balaban J connectivity index is 1.32. The Morgan fingerprint density at radius 3 is 2.71 bits per heavy atom. The molecule has 2 aliphatic rings. The van der Waals surface area contributed by atoms with E-state index in [1.807, 2.05) is 0 Å². The van der Waals surface area contributed by atoms with Crippen LogP contribution in [0.5, 0.6) is 11.5 Å². The number of nitrogens with zero attached hydrogens (tertiary/aromatic N) is 1. The van der Waals surface area contributed by atoms with Crippen molar-refractivity contribution in [2.24, 2.45) is 0 Å². The number of benzene rings is 2. The van der Waals surface area contributed by atoms with E-state index in [0.717, 1.165) is 23.4 Å². The molecule has 158 valence electrons. The second-order valence-electron chi connectivity index (χ2n) is 7.29. The van der Waals surface area contributed by atoms with Gasteiger partial charge in [0.2, 0.25) is 12.7 Å². The molecule has 0 radical (unpaired) electrons. The van der Waals surface area contributed by atoms with Crippen LogP contribution in [0, 0.1) is 0 Å². The van der Waals surface area contributed by atoms with Crippen molar-refractivity contribution >= 4 is 45.6 Å². The summed E-state index contributed by atoms with van der Waals surface area (Å²) in [7, 11) is 0. The molecule has 0 bridgehead atoms. The molecule has 1 unspecified atom stereocenters. The Hall–Kier alpha value is -3.10. The fraction of sp³-hybridized carbons (Fsp3) is 0.227. The molecule has 0 spiro atoms. The van der Waals surface area contributed by atoms with Gasteiger partial charge < -0.3 is 14.8 Å². The van der Waals surface area contributed by atoms with E-state index in [2.05, 4.69) is 15.6 Å². The molecule has 1 aliphatic carbocycles. The van der Waals surface area contributed by atoms with Crippen LogP contribution >= 0.6 is 22.9 Å². The summed E-state index contributed by atoms with van der Waals surface area (Å²) in [4.78, 5) is 31.2. The van der Waals surface area contributed by atoms with Gasteiger partial charge in [-0.3, -0.25) is 14.9 Å². The second-order valence-corrected chi connectivity index (χ2v) is 8.81. The van der Waals surface area contributed by atoms with Crippen LogP contribution in [-0.2, 0) is 11.2 Å². The number of carbonyl (C=O) groups excluding carboxylic acids is 2. The predicted molar refractivity (Wildman–Crippen MR) is 118 cm³/mol. The highest BCUT2D eigenvalue weighted by atomic mass is 35.5. The molecule has 0 saturated carbocycles. The zero-order valence-corrected chi connectivity index (χ0v) is 17.9. The van der Waals surface area contributed by atoms with Gasteiger partial charge in [0, 0.05) is 21.2 Å². The van der Waals surface area contributed by atoms with Crippen LogP contribution < -0.4 is 20.1 Å². The van der Waals surface area contributed by atoms with Gasteiger partial charge >= 0.3 is 0 Å². The number of rotatable bonds is 4. The van der Waals surface area contributed by atoms with Crippen LogP contribution in [0.25, 0.3) is 0 Å².